The molecular formula is C13H22N2. The van der Waals surface area contributed by atoms with Crippen molar-refractivity contribution in [3.8, 4) is 0 Å². The van der Waals surface area contributed by atoms with Gasteiger partial charge in [0.25, 0.3) is 0 Å². The summed E-state index contributed by atoms with van der Waals surface area (Å²) in [4.78, 5) is 8.75. The number of aromatic nitrogens is 2. The third kappa shape index (κ3) is 4.41. The van der Waals surface area contributed by atoms with Gasteiger partial charge in [0.1, 0.15) is 5.82 Å². The molecule has 15 heavy (non-hydrogen) atoms. The van der Waals surface area contributed by atoms with Crippen molar-refractivity contribution in [1.82, 2.24) is 9.97 Å². The summed E-state index contributed by atoms with van der Waals surface area (Å²) in [5, 5.41) is 0. The van der Waals surface area contributed by atoms with Gasteiger partial charge in [-0.3, -0.25) is 0 Å². The molecule has 0 fully saturated rings. The van der Waals surface area contributed by atoms with Crippen LogP contribution in [0, 0.1) is 0 Å². The van der Waals surface area contributed by atoms with E-state index in [0.717, 1.165) is 5.82 Å². The van der Waals surface area contributed by atoms with Gasteiger partial charge in [0.2, 0.25) is 0 Å². The van der Waals surface area contributed by atoms with Crippen molar-refractivity contribution in [3.05, 3.63) is 24.3 Å². The van der Waals surface area contributed by atoms with Gasteiger partial charge in [-0.2, -0.15) is 0 Å². The Morgan fingerprint density at radius 3 is 2.00 bits per heavy atom. The topological polar surface area (TPSA) is 25.8 Å². The largest absolute Gasteiger partial charge is 0.241 e. The smallest absolute Gasteiger partial charge is 0.131 e. The molecule has 1 rings (SSSR count). The van der Waals surface area contributed by atoms with Crippen molar-refractivity contribution in [1.29, 1.82) is 0 Å². The van der Waals surface area contributed by atoms with Crippen LogP contribution in [-0.4, -0.2) is 9.97 Å². The molecule has 0 N–H and O–H groups in total. The maximum atomic E-state index is 4.37. The van der Waals surface area contributed by atoms with E-state index in [1.54, 1.807) is 0 Å². The molecular weight excluding hydrogens is 184 g/mol. The van der Waals surface area contributed by atoms with Crippen molar-refractivity contribution in [3.63, 3.8) is 0 Å². The van der Waals surface area contributed by atoms with E-state index in [4.69, 9.17) is 0 Å². The monoisotopic (exact) mass is 206 g/mol. The molecule has 1 heterocycles. The van der Waals surface area contributed by atoms with Gasteiger partial charge >= 0.3 is 0 Å². The summed E-state index contributed by atoms with van der Waals surface area (Å²) < 4.78 is 0. The van der Waals surface area contributed by atoms with Gasteiger partial charge in [0.05, 0.1) is 0 Å². The van der Waals surface area contributed by atoms with Crippen LogP contribution in [0.15, 0.2) is 18.5 Å². The minimum absolute atomic E-state index is 0.575. The van der Waals surface area contributed by atoms with Crippen LogP contribution in [0.4, 0.5) is 0 Å². The van der Waals surface area contributed by atoms with Crippen molar-refractivity contribution in [2.24, 2.45) is 0 Å². The van der Waals surface area contributed by atoms with E-state index in [-0.39, 0.29) is 0 Å². The lowest BCUT2D eigenvalue weighted by Crippen LogP contribution is -2.04. The molecule has 84 valence electrons. The lowest BCUT2D eigenvalue weighted by Gasteiger charge is -2.14. The highest BCUT2D eigenvalue weighted by Crippen LogP contribution is 2.24. The average Bonchev–Trinajstić information content (AvgIpc) is 2.30. The van der Waals surface area contributed by atoms with Crippen LogP contribution >= 0.6 is 0 Å². The van der Waals surface area contributed by atoms with E-state index in [1.807, 2.05) is 18.5 Å². The quantitative estimate of drug-likeness (QED) is 0.675. The molecule has 0 atom stereocenters. The van der Waals surface area contributed by atoms with Gasteiger partial charge < -0.3 is 0 Å². The zero-order valence-electron chi connectivity index (χ0n) is 9.95. The molecule has 0 radical (unpaired) electrons. The molecule has 2 heteroatoms. The van der Waals surface area contributed by atoms with Crippen LogP contribution in [0.3, 0.4) is 0 Å². The number of nitrogens with zero attached hydrogens (tertiary/aromatic N) is 2. The van der Waals surface area contributed by atoms with Crippen LogP contribution in [0.2, 0.25) is 0 Å². The lowest BCUT2D eigenvalue weighted by molar-refractivity contribution is 0.503. The molecule has 1 aromatic heterocycles. The number of hydrogen-bond donors (Lipinski definition) is 0. The van der Waals surface area contributed by atoms with Gasteiger partial charge in [-0.05, 0) is 18.9 Å². The van der Waals surface area contributed by atoms with E-state index in [1.165, 1.54) is 38.5 Å². The Balaban J connectivity index is 2.55. The molecule has 0 unspecified atom stereocenters. The molecule has 0 amide bonds. The molecule has 2 nitrogen and oxygen atoms in total. The maximum absolute atomic E-state index is 4.37. The normalized spacial score (nSPS) is 10.9. The zero-order valence-corrected chi connectivity index (χ0v) is 9.95. The summed E-state index contributed by atoms with van der Waals surface area (Å²) >= 11 is 0. The third-order valence-corrected chi connectivity index (χ3v) is 2.76. The summed E-state index contributed by atoms with van der Waals surface area (Å²) in [5.74, 6) is 1.62. The van der Waals surface area contributed by atoms with Gasteiger partial charge in [0, 0.05) is 18.3 Å². The Labute approximate surface area is 93.2 Å². The molecule has 0 aliphatic rings. The Morgan fingerprint density at radius 1 is 1.00 bits per heavy atom. The van der Waals surface area contributed by atoms with Crippen LogP contribution in [-0.2, 0) is 0 Å². The average molecular weight is 206 g/mol. The summed E-state index contributed by atoms with van der Waals surface area (Å²) in [6.45, 7) is 4.48. The fraction of sp³-hybridized carbons (Fsp3) is 0.692. The van der Waals surface area contributed by atoms with Crippen LogP contribution < -0.4 is 0 Å². The molecule has 0 aliphatic carbocycles. The second kappa shape index (κ2) is 7.38. The van der Waals surface area contributed by atoms with Crippen molar-refractivity contribution < 1.29 is 0 Å². The van der Waals surface area contributed by atoms with Gasteiger partial charge in [-0.1, -0.05) is 39.5 Å². The molecule has 0 aliphatic heterocycles. The molecule has 0 saturated heterocycles. The predicted octanol–water partition coefficient (Wildman–Crippen LogP) is 3.94. The molecule has 1 aromatic rings. The Hall–Kier alpha value is -0.920. The zero-order chi connectivity index (χ0) is 10.9. The van der Waals surface area contributed by atoms with Gasteiger partial charge in [0.15, 0.2) is 0 Å². The molecule has 0 spiro atoms. The highest BCUT2D eigenvalue weighted by atomic mass is 14.9. The van der Waals surface area contributed by atoms with Crippen molar-refractivity contribution in [2.75, 3.05) is 0 Å². The van der Waals surface area contributed by atoms with Crippen LogP contribution in [0.5, 0.6) is 0 Å². The highest BCUT2D eigenvalue weighted by molar-refractivity contribution is 4.96. The number of unbranched alkanes of at least 4 members (excludes halogenated alkanes) is 2. The Bertz CT molecular complexity index is 238. The standard InChI is InChI=1S/C13H22N2/c1-3-5-8-12(9-6-4-2)13-14-10-7-11-15-13/h7,10-12H,3-6,8-9H2,1-2H3. The van der Waals surface area contributed by atoms with E-state index in [0.29, 0.717) is 5.92 Å². The second-order valence-corrected chi connectivity index (χ2v) is 4.09. The first-order valence-electron chi connectivity index (χ1n) is 6.15. The summed E-state index contributed by atoms with van der Waals surface area (Å²) in [5.41, 5.74) is 0. The van der Waals surface area contributed by atoms with Crippen molar-refractivity contribution >= 4 is 0 Å². The molecule has 0 aromatic carbocycles. The number of hydrogen-bond acceptors (Lipinski definition) is 2. The minimum Gasteiger partial charge on any atom is -0.241 e. The maximum Gasteiger partial charge on any atom is 0.131 e. The number of rotatable bonds is 7. The van der Waals surface area contributed by atoms with E-state index in [9.17, 15) is 0 Å². The molecule has 0 saturated carbocycles. The van der Waals surface area contributed by atoms with Crippen LogP contribution in [0.1, 0.15) is 64.1 Å². The first kappa shape index (κ1) is 12.2. The van der Waals surface area contributed by atoms with E-state index >= 15 is 0 Å². The highest BCUT2D eigenvalue weighted by Gasteiger charge is 2.12. The third-order valence-electron chi connectivity index (χ3n) is 2.76. The lowest BCUT2D eigenvalue weighted by atomic mass is 9.95. The second-order valence-electron chi connectivity index (χ2n) is 4.09. The minimum atomic E-state index is 0.575. The fourth-order valence-electron chi connectivity index (χ4n) is 1.83. The SMILES string of the molecule is CCCCC(CCCC)c1ncccn1. The van der Waals surface area contributed by atoms with E-state index < -0.39 is 0 Å². The van der Waals surface area contributed by atoms with E-state index in [2.05, 4.69) is 23.8 Å². The van der Waals surface area contributed by atoms with Gasteiger partial charge in [-0.25, -0.2) is 9.97 Å². The first-order chi connectivity index (χ1) is 7.38. The predicted molar refractivity (Wildman–Crippen MR) is 63.8 cm³/mol. The van der Waals surface area contributed by atoms with Gasteiger partial charge in [-0.15, -0.1) is 0 Å². The van der Waals surface area contributed by atoms with Crippen molar-refractivity contribution in [2.45, 2.75) is 58.3 Å². The van der Waals surface area contributed by atoms with Crippen LogP contribution in [0.25, 0.3) is 0 Å². The Kier molecular flexibility index (Phi) is 5.98. The summed E-state index contributed by atoms with van der Waals surface area (Å²) in [6, 6.07) is 1.89. The fourth-order valence-corrected chi connectivity index (χ4v) is 1.83. The Morgan fingerprint density at radius 2 is 1.53 bits per heavy atom. The summed E-state index contributed by atoms with van der Waals surface area (Å²) in [6.07, 6.45) is 11.3. The first-order valence-corrected chi connectivity index (χ1v) is 6.15. The summed E-state index contributed by atoms with van der Waals surface area (Å²) in [7, 11) is 0. The molecule has 0 bridgehead atoms.